The van der Waals surface area contributed by atoms with E-state index in [0.717, 1.165) is 57.9 Å². The summed E-state index contributed by atoms with van der Waals surface area (Å²) in [5, 5.41) is 9.18. The third-order valence-electron chi connectivity index (χ3n) is 3.56. The summed E-state index contributed by atoms with van der Waals surface area (Å²) in [6, 6.07) is 1.71. The summed E-state index contributed by atoms with van der Waals surface area (Å²) in [6.07, 6.45) is 3.68. The van der Waals surface area contributed by atoms with E-state index in [1.54, 1.807) is 6.07 Å². The molecule has 1 fully saturated rings. The highest BCUT2D eigenvalue weighted by molar-refractivity contribution is 5.89. The summed E-state index contributed by atoms with van der Waals surface area (Å²) < 4.78 is 7.41. The number of hydrogen-bond acceptors (Lipinski definition) is 3. The topological polar surface area (TPSA) is 54.7 Å². The quantitative estimate of drug-likeness (QED) is 0.847. The molecule has 1 aliphatic rings. The van der Waals surface area contributed by atoms with Gasteiger partial charge in [0.1, 0.15) is 0 Å². The number of aromatic carboxylic acids is 1. The van der Waals surface area contributed by atoms with Crippen molar-refractivity contribution in [2.24, 2.45) is 0 Å². The van der Waals surface area contributed by atoms with Gasteiger partial charge in [-0.25, -0.2) is 4.79 Å². The lowest BCUT2D eigenvalue weighted by Gasteiger charge is -2.27. The van der Waals surface area contributed by atoms with E-state index in [-0.39, 0.29) is 0 Å². The first-order valence-electron chi connectivity index (χ1n) is 6.93. The molecule has 1 saturated heterocycles. The molecule has 0 saturated carbocycles. The average molecular weight is 266 g/mol. The Hall–Kier alpha value is -1.33. The number of aromatic nitrogens is 1. The van der Waals surface area contributed by atoms with Crippen LogP contribution in [-0.4, -0.2) is 53.4 Å². The highest BCUT2D eigenvalue weighted by atomic mass is 16.5. The third-order valence-corrected chi connectivity index (χ3v) is 3.56. The van der Waals surface area contributed by atoms with Gasteiger partial charge in [0, 0.05) is 38.1 Å². The lowest BCUT2D eigenvalue weighted by atomic mass is 10.1. The number of ether oxygens (including phenoxy) is 1. The molecule has 5 heteroatoms. The summed E-state index contributed by atoms with van der Waals surface area (Å²) >= 11 is 0. The van der Waals surface area contributed by atoms with Crippen molar-refractivity contribution in [3.05, 3.63) is 23.5 Å². The van der Waals surface area contributed by atoms with Crippen LogP contribution in [0.25, 0.3) is 0 Å². The van der Waals surface area contributed by atoms with Crippen molar-refractivity contribution >= 4 is 5.97 Å². The number of hydrogen-bond donors (Lipinski definition) is 1. The number of carbonyl (C=O) groups is 1. The molecular formula is C14H22N2O3. The highest BCUT2D eigenvalue weighted by Crippen LogP contribution is 2.14. The van der Waals surface area contributed by atoms with Crippen LogP contribution in [0.4, 0.5) is 0 Å². The zero-order chi connectivity index (χ0) is 13.7. The minimum absolute atomic E-state index is 0.448. The molecule has 0 spiro atoms. The first kappa shape index (κ1) is 14.1. The van der Waals surface area contributed by atoms with Gasteiger partial charge in [0.2, 0.25) is 0 Å². The molecule has 1 N–H and O–H groups in total. The first-order chi connectivity index (χ1) is 9.22. The van der Waals surface area contributed by atoms with Crippen LogP contribution < -0.4 is 0 Å². The smallest absolute Gasteiger partial charge is 0.337 e. The van der Waals surface area contributed by atoms with Crippen molar-refractivity contribution in [1.82, 2.24) is 9.47 Å². The second-order valence-corrected chi connectivity index (χ2v) is 4.88. The molecule has 0 aromatic carbocycles. The van der Waals surface area contributed by atoms with E-state index in [0.29, 0.717) is 5.56 Å². The van der Waals surface area contributed by atoms with E-state index in [1.165, 1.54) is 0 Å². The third kappa shape index (κ3) is 3.58. The van der Waals surface area contributed by atoms with Gasteiger partial charge >= 0.3 is 5.97 Å². The summed E-state index contributed by atoms with van der Waals surface area (Å²) in [5.41, 5.74) is 1.40. The Morgan fingerprint density at radius 1 is 1.37 bits per heavy atom. The zero-order valence-electron chi connectivity index (χ0n) is 11.5. The maximum atomic E-state index is 11.2. The Balaban J connectivity index is 2.00. The van der Waals surface area contributed by atoms with Gasteiger partial charge in [-0.15, -0.1) is 0 Å². The number of morpholine rings is 1. The van der Waals surface area contributed by atoms with Crippen LogP contribution in [0.5, 0.6) is 0 Å². The zero-order valence-corrected chi connectivity index (χ0v) is 11.5. The standard InChI is InChI=1S/C14H22N2O3/c1-2-3-13-12(14(17)18)4-5-16(13)7-6-15-8-10-19-11-9-15/h4-5H,2-3,6-11H2,1H3,(H,17,18). The van der Waals surface area contributed by atoms with Gasteiger partial charge < -0.3 is 14.4 Å². The van der Waals surface area contributed by atoms with Gasteiger partial charge in [0.15, 0.2) is 0 Å². The normalized spacial score (nSPS) is 16.7. The predicted octanol–water partition coefficient (Wildman–Crippen LogP) is 1.47. The molecule has 2 rings (SSSR count). The van der Waals surface area contributed by atoms with E-state index in [4.69, 9.17) is 4.74 Å². The fourth-order valence-corrected chi connectivity index (χ4v) is 2.50. The van der Waals surface area contributed by atoms with Crippen LogP contribution in [0.15, 0.2) is 12.3 Å². The van der Waals surface area contributed by atoms with Gasteiger partial charge in [0.25, 0.3) is 0 Å². The number of carboxylic acids is 1. The Bertz CT molecular complexity index is 422. The van der Waals surface area contributed by atoms with E-state index >= 15 is 0 Å². The Morgan fingerprint density at radius 3 is 2.74 bits per heavy atom. The molecule has 0 radical (unpaired) electrons. The van der Waals surface area contributed by atoms with Crippen molar-refractivity contribution in [3.8, 4) is 0 Å². The summed E-state index contributed by atoms with van der Waals surface area (Å²) in [4.78, 5) is 13.5. The molecule has 106 valence electrons. The van der Waals surface area contributed by atoms with Crippen molar-refractivity contribution in [2.75, 3.05) is 32.8 Å². The largest absolute Gasteiger partial charge is 0.478 e. The van der Waals surface area contributed by atoms with Gasteiger partial charge in [-0.3, -0.25) is 4.90 Å². The maximum absolute atomic E-state index is 11.2. The number of nitrogens with zero attached hydrogens (tertiary/aromatic N) is 2. The van der Waals surface area contributed by atoms with Crippen LogP contribution in [0.1, 0.15) is 29.4 Å². The summed E-state index contributed by atoms with van der Waals surface area (Å²) in [6.45, 7) is 7.41. The molecule has 0 unspecified atom stereocenters. The first-order valence-corrected chi connectivity index (χ1v) is 6.93. The van der Waals surface area contributed by atoms with E-state index in [1.807, 2.05) is 6.20 Å². The molecule has 0 aliphatic carbocycles. The SMILES string of the molecule is CCCc1c(C(=O)O)ccn1CCN1CCOCC1. The fraction of sp³-hybridized carbons (Fsp3) is 0.643. The lowest BCUT2D eigenvalue weighted by molar-refractivity contribution is 0.0363. The minimum Gasteiger partial charge on any atom is -0.478 e. The molecule has 5 nitrogen and oxygen atoms in total. The van der Waals surface area contributed by atoms with Crippen molar-refractivity contribution in [2.45, 2.75) is 26.3 Å². The Kier molecular flexibility index (Phi) is 4.99. The second kappa shape index (κ2) is 6.73. The maximum Gasteiger partial charge on any atom is 0.337 e. The molecule has 1 aliphatic heterocycles. The van der Waals surface area contributed by atoms with E-state index < -0.39 is 5.97 Å². The lowest BCUT2D eigenvalue weighted by Crippen LogP contribution is -2.38. The molecule has 1 aromatic heterocycles. The summed E-state index contributed by atoms with van der Waals surface area (Å²) in [7, 11) is 0. The monoisotopic (exact) mass is 266 g/mol. The Morgan fingerprint density at radius 2 is 2.11 bits per heavy atom. The molecular weight excluding hydrogens is 244 g/mol. The Labute approximate surface area is 113 Å². The van der Waals surface area contributed by atoms with Gasteiger partial charge in [-0.2, -0.15) is 0 Å². The van der Waals surface area contributed by atoms with Crippen LogP contribution >= 0.6 is 0 Å². The van der Waals surface area contributed by atoms with Crippen LogP contribution in [0, 0.1) is 0 Å². The molecule has 19 heavy (non-hydrogen) atoms. The van der Waals surface area contributed by atoms with Crippen LogP contribution in [-0.2, 0) is 17.7 Å². The van der Waals surface area contributed by atoms with Gasteiger partial charge in [-0.05, 0) is 12.5 Å². The second-order valence-electron chi connectivity index (χ2n) is 4.88. The number of carboxylic acid groups (broad SMARTS) is 1. The summed E-state index contributed by atoms with van der Waals surface area (Å²) in [5.74, 6) is -0.825. The van der Waals surface area contributed by atoms with E-state index in [9.17, 15) is 9.90 Å². The minimum atomic E-state index is -0.825. The van der Waals surface area contributed by atoms with Crippen molar-refractivity contribution < 1.29 is 14.6 Å². The molecule has 1 aromatic rings. The number of rotatable bonds is 6. The predicted molar refractivity (Wildman–Crippen MR) is 72.6 cm³/mol. The molecule has 0 bridgehead atoms. The molecule has 0 atom stereocenters. The van der Waals surface area contributed by atoms with Crippen molar-refractivity contribution in [3.63, 3.8) is 0 Å². The van der Waals surface area contributed by atoms with Crippen LogP contribution in [0.3, 0.4) is 0 Å². The van der Waals surface area contributed by atoms with Gasteiger partial charge in [-0.1, -0.05) is 13.3 Å². The molecule has 0 amide bonds. The fourth-order valence-electron chi connectivity index (χ4n) is 2.50. The van der Waals surface area contributed by atoms with Crippen LogP contribution in [0.2, 0.25) is 0 Å². The van der Waals surface area contributed by atoms with Gasteiger partial charge in [0.05, 0.1) is 18.8 Å². The molecule has 2 heterocycles. The van der Waals surface area contributed by atoms with Crippen molar-refractivity contribution in [1.29, 1.82) is 0 Å². The highest BCUT2D eigenvalue weighted by Gasteiger charge is 2.15. The van der Waals surface area contributed by atoms with E-state index in [2.05, 4.69) is 16.4 Å². The average Bonchev–Trinajstić information content (AvgIpc) is 2.81.